The summed E-state index contributed by atoms with van der Waals surface area (Å²) < 4.78 is 13.2. The summed E-state index contributed by atoms with van der Waals surface area (Å²) in [4.78, 5) is 16.8. The summed E-state index contributed by atoms with van der Waals surface area (Å²) in [7, 11) is 3.94. The van der Waals surface area contributed by atoms with Crippen molar-refractivity contribution in [2.24, 2.45) is 0 Å². The maximum absolute atomic E-state index is 13.2. The Bertz CT molecular complexity index is 631. The summed E-state index contributed by atoms with van der Waals surface area (Å²) in [5.41, 5.74) is 1.77. The van der Waals surface area contributed by atoms with Crippen molar-refractivity contribution in [3.63, 3.8) is 0 Å². The molecule has 0 amide bonds. The monoisotopic (exact) mass is 248 g/mol. The van der Waals surface area contributed by atoms with Crippen LogP contribution < -0.4 is 5.56 Å². The van der Waals surface area contributed by atoms with E-state index in [1.807, 2.05) is 25.9 Å². The molecule has 2 rings (SSSR count). The van der Waals surface area contributed by atoms with Gasteiger partial charge in [0.05, 0.1) is 5.39 Å². The molecule has 0 unspecified atom stereocenters. The Morgan fingerprint density at radius 1 is 1.28 bits per heavy atom. The van der Waals surface area contributed by atoms with Crippen molar-refractivity contribution in [2.45, 2.75) is 19.9 Å². The van der Waals surface area contributed by atoms with Gasteiger partial charge < -0.3 is 9.88 Å². The molecule has 3 nitrogen and oxygen atoms in total. The highest BCUT2D eigenvalue weighted by Gasteiger charge is 2.11. The number of benzene rings is 1. The second kappa shape index (κ2) is 4.90. The van der Waals surface area contributed by atoms with Gasteiger partial charge in [-0.3, -0.25) is 4.79 Å². The van der Waals surface area contributed by atoms with E-state index in [0.29, 0.717) is 5.39 Å². The molecule has 1 aromatic heterocycles. The fourth-order valence-corrected chi connectivity index (χ4v) is 2.21. The molecule has 4 heteroatoms. The van der Waals surface area contributed by atoms with Gasteiger partial charge in [-0.1, -0.05) is 13.0 Å². The third-order valence-corrected chi connectivity index (χ3v) is 3.01. The Hall–Kier alpha value is -1.68. The number of pyridine rings is 1. The van der Waals surface area contributed by atoms with Gasteiger partial charge in [0.2, 0.25) is 0 Å². The topological polar surface area (TPSA) is 36.1 Å². The van der Waals surface area contributed by atoms with Crippen molar-refractivity contribution < 1.29 is 4.39 Å². The van der Waals surface area contributed by atoms with E-state index in [1.165, 1.54) is 12.1 Å². The summed E-state index contributed by atoms with van der Waals surface area (Å²) in [5, 5.41) is 1.26. The van der Waals surface area contributed by atoms with Crippen molar-refractivity contribution >= 4 is 10.8 Å². The highest BCUT2D eigenvalue weighted by atomic mass is 19.1. The first-order valence-corrected chi connectivity index (χ1v) is 6.01. The van der Waals surface area contributed by atoms with Gasteiger partial charge in [-0.05, 0) is 43.6 Å². The molecule has 0 aliphatic rings. The molecule has 0 radical (unpaired) electrons. The fourth-order valence-electron chi connectivity index (χ4n) is 2.21. The summed E-state index contributed by atoms with van der Waals surface area (Å²) in [6, 6.07) is 4.39. The van der Waals surface area contributed by atoms with Gasteiger partial charge in [0.15, 0.2) is 0 Å². The zero-order valence-corrected chi connectivity index (χ0v) is 10.9. The van der Waals surface area contributed by atoms with Gasteiger partial charge in [-0.2, -0.15) is 0 Å². The largest absolute Gasteiger partial charge is 0.325 e. The average Bonchev–Trinajstić information content (AvgIpc) is 2.32. The molecule has 0 saturated heterocycles. The fraction of sp³-hybridized carbons (Fsp3) is 0.357. The molecule has 1 aromatic carbocycles. The van der Waals surface area contributed by atoms with Crippen LogP contribution in [0.4, 0.5) is 4.39 Å². The van der Waals surface area contributed by atoms with Crippen LogP contribution >= 0.6 is 0 Å². The lowest BCUT2D eigenvalue weighted by Gasteiger charge is -2.15. The van der Waals surface area contributed by atoms with E-state index >= 15 is 0 Å². The first-order chi connectivity index (χ1) is 8.52. The van der Waals surface area contributed by atoms with Gasteiger partial charge in [0.1, 0.15) is 5.82 Å². The lowest BCUT2D eigenvalue weighted by atomic mass is 10.0. The maximum Gasteiger partial charge on any atom is 0.256 e. The molecule has 0 aliphatic carbocycles. The van der Waals surface area contributed by atoms with Crippen LogP contribution in [0.5, 0.6) is 0 Å². The molecule has 1 N–H and O–H groups in total. The number of aromatic amines is 1. The van der Waals surface area contributed by atoms with Gasteiger partial charge in [-0.25, -0.2) is 4.39 Å². The minimum absolute atomic E-state index is 0.219. The van der Waals surface area contributed by atoms with Crippen LogP contribution in [0.15, 0.2) is 23.0 Å². The summed E-state index contributed by atoms with van der Waals surface area (Å²) >= 11 is 0. The van der Waals surface area contributed by atoms with Crippen molar-refractivity contribution in [1.82, 2.24) is 9.88 Å². The number of H-pyrrole nitrogens is 1. The van der Waals surface area contributed by atoms with E-state index in [0.717, 1.165) is 29.6 Å². The number of nitrogens with one attached hydrogen (secondary N) is 1. The van der Waals surface area contributed by atoms with Crippen LogP contribution in [0.1, 0.15) is 18.2 Å². The molecule has 0 bridgehead atoms. The standard InChI is InChI=1S/C14H17FN2O/c1-4-13-12(8-17(2)3)10-6-5-9(15)7-11(10)14(18)16-13/h5-7H,4,8H2,1-3H3,(H,16,18). The molecule has 96 valence electrons. The molecular weight excluding hydrogens is 231 g/mol. The second-order valence-electron chi connectivity index (χ2n) is 4.69. The Kier molecular flexibility index (Phi) is 3.48. The summed E-state index contributed by atoms with van der Waals surface area (Å²) in [6.45, 7) is 2.72. The lowest BCUT2D eigenvalue weighted by molar-refractivity contribution is 0.402. The van der Waals surface area contributed by atoms with Gasteiger partial charge >= 0.3 is 0 Å². The predicted molar refractivity (Wildman–Crippen MR) is 71.3 cm³/mol. The van der Waals surface area contributed by atoms with Crippen LogP contribution in [0, 0.1) is 5.82 Å². The van der Waals surface area contributed by atoms with E-state index in [1.54, 1.807) is 6.07 Å². The van der Waals surface area contributed by atoms with E-state index in [2.05, 4.69) is 4.98 Å². The van der Waals surface area contributed by atoms with Crippen molar-refractivity contribution in [2.75, 3.05) is 14.1 Å². The van der Waals surface area contributed by atoms with Crippen LogP contribution in [-0.2, 0) is 13.0 Å². The molecule has 1 heterocycles. The lowest BCUT2D eigenvalue weighted by Crippen LogP contribution is -2.18. The van der Waals surface area contributed by atoms with E-state index in [4.69, 9.17) is 0 Å². The smallest absolute Gasteiger partial charge is 0.256 e. The Labute approximate surface area is 105 Å². The number of hydrogen-bond donors (Lipinski definition) is 1. The number of nitrogens with zero attached hydrogens (tertiary/aromatic N) is 1. The average molecular weight is 248 g/mol. The zero-order chi connectivity index (χ0) is 13.3. The number of halogens is 1. The predicted octanol–water partition coefficient (Wildman–Crippen LogP) is 2.29. The van der Waals surface area contributed by atoms with Crippen molar-refractivity contribution in [1.29, 1.82) is 0 Å². The number of rotatable bonds is 3. The third kappa shape index (κ3) is 2.29. The molecular formula is C14H17FN2O. The molecule has 0 atom stereocenters. The number of aromatic nitrogens is 1. The van der Waals surface area contributed by atoms with Gasteiger partial charge in [0.25, 0.3) is 5.56 Å². The SMILES string of the molecule is CCc1[nH]c(=O)c2cc(F)ccc2c1CN(C)C. The van der Waals surface area contributed by atoms with Gasteiger partial charge in [0, 0.05) is 12.2 Å². The van der Waals surface area contributed by atoms with E-state index < -0.39 is 0 Å². The van der Waals surface area contributed by atoms with Crippen LogP contribution in [-0.4, -0.2) is 24.0 Å². The molecule has 0 fully saturated rings. The van der Waals surface area contributed by atoms with E-state index in [9.17, 15) is 9.18 Å². The number of aryl methyl sites for hydroxylation is 1. The van der Waals surface area contributed by atoms with Crippen LogP contribution in [0.2, 0.25) is 0 Å². The highest BCUT2D eigenvalue weighted by Crippen LogP contribution is 2.20. The summed E-state index contributed by atoms with van der Waals surface area (Å²) in [6.07, 6.45) is 0.756. The quantitative estimate of drug-likeness (QED) is 0.904. The normalized spacial score (nSPS) is 11.4. The van der Waals surface area contributed by atoms with Crippen molar-refractivity contribution in [3.8, 4) is 0 Å². The molecule has 0 spiro atoms. The first kappa shape index (κ1) is 12.8. The zero-order valence-electron chi connectivity index (χ0n) is 10.9. The number of fused-ring (bicyclic) bond motifs is 1. The Balaban J connectivity index is 2.79. The first-order valence-electron chi connectivity index (χ1n) is 6.01. The number of hydrogen-bond acceptors (Lipinski definition) is 2. The second-order valence-corrected chi connectivity index (χ2v) is 4.69. The Morgan fingerprint density at radius 3 is 2.61 bits per heavy atom. The van der Waals surface area contributed by atoms with Crippen LogP contribution in [0.3, 0.4) is 0 Å². The minimum Gasteiger partial charge on any atom is -0.325 e. The molecule has 18 heavy (non-hydrogen) atoms. The summed E-state index contributed by atoms with van der Waals surface area (Å²) in [5.74, 6) is -0.381. The minimum atomic E-state index is -0.381. The third-order valence-electron chi connectivity index (χ3n) is 3.01. The molecule has 2 aromatic rings. The maximum atomic E-state index is 13.2. The van der Waals surface area contributed by atoms with E-state index in [-0.39, 0.29) is 11.4 Å². The Morgan fingerprint density at radius 2 is 2.00 bits per heavy atom. The molecule has 0 saturated carbocycles. The highest BCUT2D eigenvalue weighted by molar-refractivity contribution is 5.85. The van der Waals surface area contributed by atoms with Crippen LogP contribution in [0.25, 0.3) is 10.8 Å². The molecule has 0 aliphatic heterocycles. The van der Waals surface area contributed by atoms with Crippen molar-refractivity contribution in [3.05, 3.63) is 45.6 Å². The van der Waals surface area contributed by atoms with Gasteiger partial charge in [-0.15, -0.1) is 0 Å².